The second kappa shape index (κ2) is 24.6. The molecule has 1 N–H and O–H groups in total. The van der Waals surface area contributed by atoms with Gasteiger partial charge in [-0.05, 0) is 51.7 Å². The first kappa shape index (κ1) is 37.9. The highest BCUT2D eigenvalue weighted by Gasteiger charge is 2.41. The molecule has 0 unspecified atom stereocenters. The zero-order chi connectivity index (χ0) is 27.2. The van der Waals surface area contributed by atoms with Crippen molar-refractivity contribution in [3.63, 3.8) is 0 Å². The molecule has 1 rings (SSSR count). The van der Waals surface area contributed by atoms with Gasteiger partial charge in [0.05, 0.1) is 32.4 Å². The summed E-state index contributed by atoms with van der Waals surface area (Å²) in [5, 5.41) is 11.8. The van der Waals surface area contributed by atoms with Gasteiger partial charge in [0.15, 0.2) is 5.75 Å². The lowest BCUT2D eigenvalue weighted by atomic mass is 10.1. The van der Waals surface area contributed by atoms with Gasteiger partial charge in [-0.15, -0.1) is 0 Å². The maximum absolute atomic E-state index is 10.4. The lowest BCUT2D eigenvalue weighted by Crippen LogP contribution is -3.00. The van der Waals surface area contributed by atoms with Crippen LogP contribution in [0.25, 0.3) is 0 Å². The first-order valence-electron chi connectivity index (χ1n) is 15.4. The molecular weight excluding hydrogens is 575 g/mol. The van der Waals surface area contributed by atoms with Crippen molar-refractivity contribution in [3.8, 4) is 11.5 Å². The third-order valence-corrected chi connectivity index (χ3v) is 13.2. The van der Waals surface area contributed by atoms with Crippen LogP contribution in [-0.4, -0.2) is 58.8 Å². The van der Waals surface area contributed by atoms with Crippen molar-refractivity contribution in [1.29, 1.82) is 0 Å². The van der Waals surface area contributed by atoms with E-state index < -0.39 is 7.26 Å². The van der Waals surface area contributed by atoms with Gasteiger partial charge < -0.3 is 36.3 Å². The number of phenolic OH excluding ortho intramolecular Hbond substituents is 1. The van der Waals surface area contributed by atoms with Crippen molar-refractivity contribution in [2.45, 2.75) is 124 Å². The molecule has 0 spiro atoms. The predicted octanol–water partition coefficient (Wildman–Crippen LogP) is 5.64. The Hall–Kier alpha value is -0.133. The number of rotatable bonds is 25. The highest BCUT2D eigenvalue weighted by Crippen LogP contribution is 2.61. The Balaban J connectivity index is 0.0000137. The average molecular weight is 634 g/mol. The smallest absolute Gasteiger partial charge is 0.161 e. The first-order chi connectivity index (χ1) is 18.1. The molecule has 0 aromatic heterocycles. The second-order valence-electron chi connectivity index (χ2n) is 10.2. The molecule has 0 heterocycles. The molecule has 7 heteroatoms. The Bertz CT molecular complexity index is 652. The molecule has 0 fully saturated rings. The van der Waals surface area contributed by atoms with Crippen molar-refractivity contribution < 1.29 is 36.3 Å². The summed E-state index contributed by atoms with van der Waals surface area (Å²) in [5.41, 5.74) is 0. The van der Waals surface area contributed by atoms with E-state index in [9.17, 15) is 5.11 Å². The van der Waals surface area contributed by atoms with Gasteiger partial charge in [-0.25, -0.2) is 0 Å². The van der Waals surface area contributed by atoms with E-state index in [0.29, 0.717) is 5.75 Å². The van der Waals surface area contributed by atoms with E-state index in [1.54, 1.807) is 0 Å². The predicted molar refractivity (Wildman–Crippen MR) is 165 cm³/mol. The average Bonchev–Trinajstić information content (AvgIpc) is 2.90. The van der Waals surface area contributed by atoms with Crippen LogP contribution in [0.2, 0.25) is 6.04 Å². The minimum Gasteiger partial charge on any atom is -1.00 e. The van der Waals surface area contributed by atoms with Gasteiger partial charge in [-0.3, -0.25) is 0 Å². The minimum atomic E-state index is -1.36. The van der Waals surface area contributed by atoms with Crippen molar-refractivity contribution in [2.75, 3.05) is 38.3 Å². The summed E-state index contributed by atoms with van der Waals surface area (Å²) in [7, 11) is -0.614. The number of unbranched alkanes of at least 4 members (excludes halogenated alkanes) is 8. The van der Waals surface area contributed by atoms with Crippen LogP contribution < -0.4 is 27.0 Å². The fourth-order valence-electron chi connectivity index (χ4n) is 4.88. The van der Waals surface area contributed by atoms with E-state index in [-0.39, 0.29) is 22.9 Å². The summed E-state index contributed by atoms with van der Waals surface area (Å²) in [4.78, 5) is 0. The monoisotopic (exact) mass is 632 g/mol. The standard InChI is InChI=1S/C31H57O4PSi.BrH/c1-6-11-23-36(24-12-7-2,25-13-8-3)30-27-28(32)20-21-29(30)35-22-18-16-14-15-17-19-26-37-31(33-9-4)34-10-5;/h20-21,27,31H,6-19,22-26H2,1-5H3;1H. The fraction of sp³-hybridized carbons (Fsp3) is 0.806. The SMILES string of the molecule is CCCC[P+](CCCC)(CCCC)c1cc(O)ccc1OCCCCCCCC[Si]C(OCC)OCC.[Br-]. The summed E-state index contributed by atoms with van der Waals surface area (Å²) in [6.45, 7) is 13.2. The first-order valence-corrected chi connectivity index (χ1v) is 19.0. The molecule has 1 aromatic carbocycles. The summed E-state index contributed by atoms with van der Waals surface area (Å²) in [6, 6.07) is 7.12. The molecule has 0 amide bonds. The number of hydrogen-bond donors (Lipinski definition) is 1. The van der Waals surface area contributed by atoms with Crippen LogP contribution in [0.4, 0.5) is 0 Å². The minimum absolute atomic E-state index is 0. The van der Waals surface area contributed by atoms with E-state index in [0.717, 1.165) is 41.5 Å². The van der Waals surface area contributed by atoms with Crippen molar-refractivity contribution in [3.05, 3.63) is 18.2 Å². The maximum Gasteiger partial charge on any atom is 0.161 e. The zero-order valence-corrected chi connectivity index (χ0v) is 28.7. The van der Waals surface area contributed by atoms with Crippen molar-refractivity contribution >= 4 is 22.1 Å². The maximum atomic E-state index is 10.4. The summed E-state index contributed by atoms with van der Waals surface area (Å²) >= 11 is 0. The Morgan fingerprint density at radius 1 is 0.737 bits per heavy atom. The van der Waals surface area contributed by atoms with Gasteiger partial charge in [0.25, 0.3) is 0 Å². The Kier molecular flexibility index (Phi) is 24.6. The topological polar surface area (TPSA) is 47.9 Å². The van der Waals surface area contributed by atoms with Crippen LogP contribution in [0.1, 0.15) is 112 Å². The molecule has 0 saturated carbocycles. The molecule has 0 aliphatic rings. The quantitative estimate of drug-likeness (QED) is 0.0656. The highest BCUT2D eigenvalue weighted by molar-refractivity contribution is 7.83. The van der Waals surface area contributed by atoms with Crippen LogP contribution in [0.15, 0.2) is 18.2 Å². The Morgan fingerprint density at radius 3 is 1.79 bits per heavy atom. The van der Waals surface area contributed by atoms with Gasteiger partial charge in [-0.2, -0.15) is 0 Å². The van der Waals surface area contributed by atoms with E-state index in [2.05, 4.69) is 26.8 Å². The molecule has 222 valence electrons. The van der Waals surface area contributed by atoms with E-state index >= 15 is 0 Å². The molecule has 1 aromatic rings. The number of benzene rings is 1. The zero-order valence-electron chi connectivity index (χ0n) is 25.2. The third kappa shape index (κ3) is 15.6. The molecule has 38 heavy (non-hydrogen) atoms. The summed E-state index contributed by atoms with van der Waals surface area (Å²) in [6.07, 6.45) is 18.8. The largest absolute Gasteiger partial charge is 1.00 e. The number of phenols is 1. The molecular formula is C31H58BrO4PSi. The molecule has 0 atom stereocenters. The number of aromatic hydroxyl groups is 1. The lowest BCUT2D eigenvalue weighted by molar-refractivity contribution is -0.0827. The summed E-state index contributed by atoms with van der Waals surface area (Å²) < 4.78 is 17.7. The normalized spacial score (nSPS) is 11.6. The number of ether oxygens (including phenoxy) is 3. The molecule has 0 bridgehead atoms. The van der Waals surface area contributed by atoms with E-state index in [4.69, 9.17) is 14.2 Å². The van der Waals surface area contributed by atoms with Gasteiger partial charge >= 0.3 is 0 Å². The van der Waals surface area contributed by atoms with Gasteiger partial charge in [0.2, 0.25) is 0 Å². The second-order valence-corrected chi connectivity index (χ2v) is 15.7. The number of halogens is 1. The van der Waals surface area contributed by atoms with Gasteiger partial charge in [0.1, 0.15) is 26.5 Å². The van der Waals surface area contributed by atoms with E-state index in [1.807, 2.05) is 26.0 Å². The third-order valence-electron chi connectivity index (χ3n) is 7.05. The lowest BCUT2D eigenvalue weighted by Gasteiger charge is -2.29. The fourth-order valence-corrected chi connectivity index (χ4v) is 11.3. The summed E-state index contributed by atoms with van der Waals surface area (Å²) in [5.74, 6) is 1.45. The van der Waals surface area contributed by atoms with Gasteiger partial charge in [-0.1, -0.05) is 78.2 Å². The molecule has 4 nitrogen and oxygen atoms in total. The van der Waals surface area contributed by atoms with Crippen LogP contribution in [0.3, 0.4) is 0 Å². The molecule has 0 aliphatic carbocycles. The van der Waals surface area contributed by atoms with Gasteiger partial charge in [0, 0.05) is 19.3 Å². The van der Waals surface area contributed by atoms with Crippen molar-refractivity contribution in [2.24, 2.45) is 0 Å². The highest BCUT2D eigenvalue weighted by atomic mass is 79.9. The van der Waals surface area contributed by atoms with Crippen LogP contribution >= 0.6 is 7.26 Å². The molecule has 2 radical (unpaired) electrons. The van der Waals surface area contributed by atoms with Crippen LogP contribution in [-0.2, 0) is 9.47 Å². The molecule has 0 saturated heterocycles. The Labute approximate surface area is 249 Å². The Morgan fingerprint density at radius 2 is 1.26 bits per heavy atom. The number of hydrogen-bond acceptors (Lipinski definition) is 4. The van der Waals surface area contributed by atoms with E-state index in [1.165, 1.54) is 100 Å². The van der Waals surface area contributed by atoms with Crippen LogP contribution in [0, 0.1) is 0 Å². The van der Waals surface area contributed by atoms with Crippen LogP contribution in [0.5, 0.6) is 11.5 Å². The van der Waals surface area contributed by atoms with Crippen molar-refractivity contribution in [1.82, 2.24) is 0 Å². The molecule has 0 aliphatic heterocycles.